The first-order valence-corrected chi connectivity index (χ1v) is 21.0. The second-order valence-electron chi connectivity index (χ2n) is 17.0. The van der Waals surface area contributed by atoms with E-state index < -0.39 is 0 Å². The van der Waals surface area contributed by atoms with Gasteiger partial charge in [-0.25, -0.2) is 4.98 Å². The average Bonchev–Trinajstić information content (AvgIpc) is 3.44. The first kappa shape index (κ1) is 34.8. The molecule has 5 atom stereocenters. The molecule has 5 unspecified atom stereocenters. The number of para-hydroxylation sites is 1. The Morgan fingerprint density at radius 2 is 1.31 bits per heavy atom. The standard InChI is InChI=1S/C54H46N4/c1-54(2)46-23-13-11-20-42(46)45-33-34-48-49(50(45)54)44-22-10-9-19-41(44)43-21-12-14-24-47(43)58(48)53-56-51(39-29-25-37(26-30-39)35-15-5-3-6-16-35)55-52(57-53)40-31-27-38(28-32-40)36-17-7-4-8-18-36/h3-10,12-19,21-27,29-34,38,42,46,48-49H,11,20,28H2,1-2H3. The number of aromatic nitrogens is 3. The second-order valence-corrected chi connectivity index (χ2v) is 17.0. The van der Waals surface area contributed by atoms with Gasteiger partial charge >= 0.3 is 0 Å². The van der Waals surface area contributed by atoms with Crippen molar-refractivity contribution in [2.24, 2.45) is 17.3 Å². The molecule has 0 saturated carbocycles. The summed E-state index contributed by atoms with van der Waals surface area (Å²) in [6.07, 6.45) is 20.0. The van der Waals surface area contributed by atoms with Crippen LogP contribution < -0.4 is 4.90 Å². The summed E-state index contributed by atoms with van der Waals surface area (Å²) in [5.74, 6) is 3.50. The van der Waals surface area contributed by atoms with Gasteiger partial charge in [0.15, 0.2) is 11.6 Å². The van der Waals surface area contributed by atoms with E-state index in [1.165, 1.54) is 34.2 Å². The summed E-state index contributed by atoms with van der Waals surface area (Å²) in [6, 6.07) is 47.9. The van der Waals surface area contributed by atoms with Crippen molar-refractivity contribution in [3.8, 4) is 33.6 Å². The number of anilines is 2. The number of fused-ring (bicyclic) bond motifs is 8. The Kier molecular flexibility index (Phi) is 8.36. The van der Waals surface area contributed by atoms with E-state index in [2.05, 4.69) is 195 Å². The highest BCUT2D eigenvalue weighted by Gasteiger charge is 2.53. The zero-order valence-corrected chi connectivity index (χ0v) is 33.0. The number of nitrogens with zero attached hydrogens (tertiary/aromatic N) is 4. The van der Waals surface area contributed by atoms with Gasteiger partial charge in [-0.05, 0) is 76.0 Å². The monoisotopic (exact) mass is 750 g/mol. The normalized spacial score (nSPS) is 23.6. The minimum atomic E-state index is -0.0474. The number of rotatable bonds is 5. The van der Waals surface area contributed by atoms with Crippen LogP contribution in [0.5, 0.6) is 0 Å². The maximum atomic E-state index is 5.48. The highest BCUT2D eigenvalue weighted by molar-refractivity contribution is 5.87. The lowest BCUT2D eigenvalue weighted by molar-refractivity contribution is 0.265. The molecular formula is C54H46N4. The first-order chi connectivity index (χ1) is 28.5. The fraction of sp³-hybridized carbons (Fsp3) is 0.204. The summed E-state index contributed by atoms with van der Waals surface area (Å²) in [5, 5.41) is 0. The Balaban J connectivity index is 1.09. The molecule has 0 spiro atoms. The lowest BCUT2D eigenvalue weighted by atomic mass is 9.66. The van der Waals surface area contributed by atoms with Gasteiger partial charge in [0.1, 0.15) is 0 Å². The summed E-state index contributed by atoms with van der Waals surface area (Å²) in [6.45, 7) is 4.99. The quantitative estimate of drug-likeness (QED) is 0.165. The van der Waals surface area contributed by atoms with Crippen LogP contribution in [-0.2, 0) is 0 Å². The van der Waals surface area contributed by atoms with Gasteiger partial charge in [-0.1, -0.05) is 189 Å². The van der Waals surface area contributed by atoms with Gasteiger partial charge in [-0.3, -0.25) is 0 Å². The molecular weight excluding hydrogens is 705 g/mol. The summed E-state index contributed by atoms with van der Waals surface area (Å²) in [5.41, 5.74) is 13.7. The molecule has 5 aromatic carbocycles. The smallest absolute Gasteiger partial charge is 0.234 e. The van der Waals surface area contributed by atoms with Crippen molar-refractivity contribution in [3.05, 3.63) is 204 Å². The lowest BCUT2D eigenvalue weighted by Gasteiger charge is -2.42. The molecule has 4 aliphatic carbocycles. The van der Waals surface area contributed by atoms with E-state index in [9.17, 15) is 0 Å². The number of hydrogen-bond acceptors (Lipinski definition) is 4. The van der Waals surface area contributed by atoms with Crippen LogP contribution in [0.4, 0.5) is 11.6 Å². The molecule has 4 nitrogen and oxygen atoms in total. The van der Waals surface area contributed by atoms with Crippen molar-refractivity contribution in [1.82, 2.24) is 15.0 Å². The third-order valence-electron chi connectivity index (χ3n) is 13.5. The topological polar surface area (TPSA) is 41.9 Å². The van der Waals surface area contributed by atoms with Gasteiger partial charge in [0, 0.05) is 28.5 Å². The van der Waals surface area contributed by atoms with Gasteiger partial charge in [-0.2, -0.15) is 9.97 Å². The first-order valence-electron chi connectivity index (χ1n) is 21.0. The molecule has 0 bridgehead atoms. The van der Waals surface area contributed by atoms with E-state index >= 15 is 0 Å². The fourth-order valence-corrected chi connectivity index (χ4v) is 10.8. The molecule has 0 N–H and O–H groups in total. The van der Waals surface area contributed by atoms with Crippen LogP contribution in [0.1, 0.15) is 61.9 Å². The van der Waals surface area contributed by atoms with Crippen LogP contribution in [-0.4, -0.2) is 21.0 Å². The predicted molar refractivity (Wildman–Crippen MR) is 237 cm³/mol. The van der Waals surface area contributed by atoms with Crippen LogP contribution in [0.25, 0.3) is 39.2 Å². The lowest BCUT2D eigenvalue weighted by Crippen LogP contribution is -2.40. The van der Waals surface area contributed by atoms with Crippen LogP contribution in [0.3, 0.4) is 0 Å². The van der Waals surface area contributed by atoms with Gasteiger partial charge in [0.05, 0.1) is 11.7 Å². The van der Waals surface area contributed by atoms with Crippen LogP contribution in [0.2, 0.25) is 0 Å². The molecule has 0 saturated heterocycles. The van der Waals surface area contributed by atoms with Crippen LogP contribution in [0.15, 0.2) is 187 Å². The Hall–Kier alpha value is -6.39. The van der Waals surface area contributed by atoms with Gasteiger partial charge in [0.25, 0.3) is 0 Å². The largest absolute Gasteiger partial charge is 0.302 e. The fourth-order valence-electron chi connectivity index (χ4n) is 10.8. The van der Waals surface area contributed by atoms with Crippen molar-refractivity contribution >= 4 is 17.2 Å². The molecule has 6 aromatic rings. The molecule has 11 rings (SSSR count). The van der Waals surface area contributed by atoms with E-state index in [0.29, 0.717) is 35.4 Å². The SMILES string of the molecule is CC1(C)C2=C(C=CC3C2c2ccccc2-c2ccccc2N3c2nc(C3=CCC(c4ccccc4)C=C3)nc(-c3ccc(-c4ccccc4)cc3)n2)C2CCC=CC21. The maximum absolute atomic E-state index is 5.48. The van der Waals surface area contributed by atoms with Crippen LogP contribution in [0, 0.1) is 17.3 Å². The van der Waals surface area contributed by atoms with E-state index in [1.807, 2.05) is 0 Å². The summed E-state index contributed by atoms with van der Waals surface area (Å²) < 4.78 is 0. The Morgan fingerprint density at radius 1 is 0.621 bits per heavy atom. The highest BCUT2D eigenvalue weighted by Crippen LogP contribution is 2.63. The number of benzene rings is 5. The summed E-state index contributed by atoms with van der Waals surface area (Å²) >= 11 is 0. The van der Waals surface area contributed by atoms with Crippen molar-refractivity contribution in [2.45, 2.75) is 51.0 Å². The highest BCUT2D eigenvalue weighted by atomic mass is 15.3. The zero-order valence-electron chi connectivity index (χ0n) is 33.0. The molecule has 2 heterocycles. The van der Waals surface area contributed by atoms with Crippen molar-refractivity contribution in [3.63, 3.8) is 0 Å². The van der Waals surface area contributed by atoms with Gasteiger partial charge in [-0.15, -0.1) is 0 Å². The minimum absolute atomic E-state index is 0.0111. The second kappa shape index (κ2) is 13.9. The van der Waals surface area contributed by atoms with E-state index in [4.69, 9.17) is 15.0 Å². The van der Waals surface area contributed by atoms with Crippen LogP contribution >= 0.6 is 0 Å². The number of allylic oxidation sites excluding steroid dienone is 8. The molecule has 4 heteroatoms. The van der Waals surface area contributed by atoms with Crippen molar-refractivity contribution in [1.29, 1.82) is 0 Å². The Labute approximate surface area is 341 Å². The molecule has 0 radical (unpaired) electrons. The third-order valence-corrected chi connectivity index (χ3v) is 13.5. The van der Waals surface area contributed by atoms with Crippen molar-refractivity contribution < 1.29 is 0 Å². The average molecular weight is 751 g/mol. The molecule has 58 heavy (non-hydrogen) atoms. The number of hydrogen-bond donors (Lipinski definition) is 0. The van der Waals surface area contributed by atoms with Gasteiger partial charge in [0.2, 0.25) is 5.95 Å². The summed E-state index contributed by atoms with van der Waals surface area (Å²) in [4.78, 5) is 18.7. The Bertz CT molecular complexity index is 2700. The minimum Gasteiger partial charge on any atom is -0.302 e. The molecule has 0 amide bonds. The molecule has 1 aliphatic heterocycles. The Morgan fingerprint density at radius 3 is 2.10 bits per heavy atom. The molecule has 1 aromatic heterocycles. The predicted octanol–water partition coefficient (Wildman–Crippen LogP) is 13.1. The van der Waals surface area contributed by atoms with Gasteiger partial charge < -0.3 is 4.90 Å². The zero-order chi connectivity index (χ0) is 38.8. The van der Waals surface area contributed by atoms with E-state index in [-0.39, 0.29) is 17.4 Å². The third kappa shape index (κ3) is 5.68. The molecule has 282 valence electrons. The summed E-state index contributed by atoms with van der Waals surface area (Å²) in [7, 11) is 0. The van der Waals surface area contributed by atoms with E-state index in [0.717, 1.165) is 35.2 Å². The maximum Gasteiger partial charge on any atom is 0.234 e. The molecule has 0 fully saturated rings. The van der Waals surface area contributed by atoms with Crippen molar-refractivity contribution in [2.75, 3.05) is 4.90 Å². The van der Waals surface area contributed by atoms with E-state index in [1.54, 1.807) is 11.1 Å². The molecule has 5 aliphatic rings.